The Balaban J connectivity index is 3.72. The van der Waals surface area contributed by atoms with Gasteiger partial charge < -0.3 is 8.85 Å². The van der Waals surface area contributed by atoms with Crippen LogP contribution in [0.15, 0.2) is 0 Å². The Morgan fingerprint density at radius 3 is 1.85 bits per heavy atom. The summed E-state index contributed by atoms with van der Waals surface area (Å²) >= 11 is 6.11. The minimum atomic E-state index is -1.60. The average molecular weight is 225 g/mol. The molecule has 0 rings (SSSR count). The predicted molar refractivity (Wildman–Crippen MR) is 59.6 cm³/mol. The molecule has 0 fully saturated rings. The van der Waals surface area contributed by atoms with Gasteiger partial charge in [0.05, 0.1) is 5.00 Å². The Morgan fingerprint density at radius 2 is 1.54 bits per heavy atom. The smallest absolute Gasteiger partial charge is 0.339 e. The summed E-state index contributed by atoms with van der Waals surface area (Å²) in [5.41, 5.74) is 0. The van der Waals surface area contributed by atoms with Gasteiger partial charge in [-0.3, -0.25) is 0 Å². The molecule has 13 heavy (non-hydrogen) atoms. The van der Waals surface area contributed by atoms with Crippen LogP contribution in [0.25, 0.3) is 0 Å². The lowest BCUT2D eigenvalue weighted by molar-refractivity contribution is 0.194. The first-order chi connectivity index (χ1) is 6.26. The van der Waals surface area contributed by atoms with E-state index in [9.17, 15) is 0 Å². The van der Waals surface area contributed by atoms with Gasteiger partial charge in [0, 0.05) is 13.2 Å². The maximum absolute atomic E-state index is 6.11. The monoisotopic (exact) mass is 224 g/mol. The second-order valence-electron chi connectivity index (χ2n) is 3.03. The second kappa shape index (κ2) is 9.00. The summed E-state index contributed by atoms with van der Waals surface area (Å²) in [6.07, 6.45) is 3.00. The topological polar surface area (TPSA) is 18.5 Å². The highest BCUT2D eigenvalue weighted by molar-refractivity contribution is 6.59. The van der Waals surface area contributed by atoms with Crippen molar-refractivity contribution in [1.29, 1.82) is 0 Å². The Morgan fingerprint density at radius 1 is 1.08 bits per heavy atom. The van der Waals surface area contributed by atoms with Crippen LogP contribution in [0, 0.1) is 0 Å². The van der Waals surface area contributed by atoms with E-state index in [0.29, 0.717) is 0 Å². The molecular weight excluding hydrogens is 204 g/mol. The van der Waals surface area contributed by atoms with Gasteiger partial charge in [0.15, 0.2) is 0 Å². The maximum Gasteiger partial charge on any atom is 0.339 e. The molecule has 1 atom stereocenters. The molecule has 0 amide bonds. The Bertz CT molecular complexity index is 106. The molecule has 0 spiro atoms. The van der Waals surface area contributed by atoms with Crippen molar-refractivity contribution in [2.45, 2.75) is 45.0 Å². The molecule has 0 aromatic rings. The second-order valence-corrected chi connectivity index (χ2v) is 6.23. The number of alkyl halides is 1. The summed E-state index contributed by atoms with van der Waals surface area (Å²) in [4.78, 5) is 0. The minimum absolute atomic E-state index is 0.109. The molecule has 0 heterocycles. The van der Waals surface area contributed by atoms with Gasteiger partial charge in [-0.15, -0.1) is 11.6 Å². The summed E-state index contributed by atoms with van der Waals surface area (Å²) < 4.78 is 11.3. The number of halogens is 1. The standard InChI is InChI=1S/C9H21ClO2Si/c1-4-7-11-13(9(10)6-3)12-8-5-2/h9,13H,4-8H2,1-3H3. The van der Waals surface area contributed by atoms with Crippen molar-refractivity contribution < 1.29 is 8.85 Å². The zero-order valence-electron chi connectivity index (χ0n) is 8.88. The van der Waals surface area contributed by atoms with E-state index in [4.69, 9.17) is 20.5 Å². The van der Waals surface area contributed by atoms with Crippen molar-refractivity contribution >= 4 is 20.9 Å². The van der Waals surface area contributed by atoms with E-state index in [2.05, 4.69) is 20.8 Å². The Hall–Kier alpha value is 0.427. The van der Waals surface area contributed by atoms with E-state index >= 15 is 0 Å². The lowest BCUT2D eigenvalue weighted by Crippen LogP contribution is -2.34. The van der Waals surface area contributed by atoms with Gasteiger partial charge in [0.2, 0.25) is 0 Å². The molecular formula is C9H21ClO2Si. The third kappa shape index (κ3) is 6.49. The van der Waals surface area contributed by atoms with E-state index in [1.54, 1.807) is 0 Å². The summed E-state index contributed by atoms with van der Waals surface area (Å²) in [7, 11) is -1.60. The van der Waals surface area contributed by atoms with Gasteiger partial charge in [-0.2, -0.15) is 0 Å². The van der Waals surface area contributed by atoms with Crippen LogP contribution in [0.3, 0.4) is 0 Å². The fourth-order valence-corrected chi connectivity index (χ4v) is 3.19. The summed E-state index contributed by atoms with van der Waals surface area (Å²) in [5, 5.41) is 0.109. The normalized spacial score (nSPS) is 13.6. The average Bonchev–Trinajstić information content (AvgIpc) is 2.17. The highest BCUT2D eigenvalue weighted by atomic mass is 35.5. The quantitative estimate of drug-likeness (QED) is 0.466. The molecule has 0 saturated carbocycles. The van der Waals surface area contributed by atoms with Gasteiger partial charge in [0.25, 0.3) is 0 Å². The summed E-state index contributed by atoms with van der Waals surface area (Å²) in [6.45, 7) is 7.83. The molecule has 0 saturated heterocycles. The van der Waals surface area contributed by atoms with Gasteiger partial charge in [-0.25, -0.2) is 0 Å². The fraction of sp³-hybridized carbons (Fsp3) is 1.00. The zero-order valence-corrected chi connectivity index (χ0v) is 10.8. The van der Waals surface area contributed by atoms with Crippen LogP contribution in [0.1, 0.15) is 40.0 Å². The molecule has 4 heteroatoms. The van der Waals surface area contributed by atoms with Crippen LogP contribution in [-0.4, -0.2) is 27.5 Å². The Labute approximate surface area is 88.4 Å². The number of hydrogen-bond acceptors (Lipinski definition) is 2. The van der Waals surface area contributed by atoms with Crippen molar-refractivity contribution in [2.24, 2.45) is 0 Å². The molecule has 0 aromatic heterocycles. The van der Waals surface area contributed by atoms with Crippen molar-refractivity contribution in [3.05, 3.63) is 0 Å². The van der Waals surface area contributed by atoms with Crippen LogP contribution >= 0.6 is 11.6 Å². The van der Waals surface area contributed by atoms with Crippen molar-refractivity contribution in [3.8, 4) is 0 Å². The first-order valence-electron chi connectivity index (χ1n) is 5.13. The molecule has 0 N–H and O–H groups in total. The van der Waals surface area contributed by atoms with Crippen LogP contribution in [0.2, 0.25) is 0 Å². The van der Waals surface area contributed by atoms with E-state index in [1.165, 1.54) is 0 Å². The predicted octanol–water partition coefficient (Wildman–Crippen LogP) is 2.62. The maximum atomic E-state index is 6.11. The van der Waals surface area contributed by atoms with Crippen molar-refractivity contribution in [2.75, 3.05) is 13.2 Å². The molecule has 0 aliphatic carbocycles. The molecule has 1 unspecified atom stereocenters. The van der Waals surface area contributed by atoms with Crippen LogP contribution in [-0.2, 0) is 8.85 Å². The fourth-order valence-electron chi connectivity index (χ4n) is 0.917. The van der Waals surface area contributed by atoms with Crippen LogP contribution < -0.4 is 0 Å². The lowest BCUT2D eigenvalue weighted by atomic mass is 10.5. The molecule has 0 aliphatic rings. The highest BCUT2D eigenvalue weighted by Crippen LogP contribution is 2.09. The number of rotatable bonds is 8. The highest BCUT2D eigenvalue weighted by Gasteiger charge is 2.22. The van der Waals surface area contributed by atoms with Crippen molar-refractivity contribution in [3.63, 3.8) is 0 Å². The Kier molecular flexibility index (Phi) is 9.30. The largest absolute Gasteiger partial charge is 0.396 e. The first kappa shape index (κ1) is 13.4. The minimum Gasteiger partial charge on any atom is -0.396 e. The lowest BCUT2D eigenvalue weighted by Gasteiger charge is -2.19. The van der Waals surface area contributed by atoms with E-state index in [0.717, 1.165) is 32.5 Å². The molecule has 0 radical (unpaired) electrons. The first-order valence-corrected chi connectivity index (χ1v) is 7.18. The molecule has 0 aliphatic heterocycles. The van der Waals surface area contributed by atoms with Gasteiger partial charge >= 0.3 is 9.28 Å². The van der Waals surface area contributed by atoms with E-state index < -0.39 is 9.28 Å². The van der Waals surface area contributed by atoms with Gasteiger partial charge in [0.1, 0.15) is 0 Å². The third-order valence-corrected chi connectivity index (χ3v) is 4.77. The summed E-state index contributed by atoms with van der Waals surface area (Å²) in [5.74, 6) is 0. The van der Waals surface area contributed by atoms with Gasteiger partial charge in [-0.05, 0) is 19.3 Å². The van der Waals surface area contributed by atoms with E-state index in [1.807, 2.05) is 0 Å². The van der Waals surface area contributed by atoms with Crippen LogP contribution in [0.5, 0.6) is 0 Å². The van der Waals surface area contributed by atoms with Crippen molar-refractivity contribution in [1.82, 2.24) is 0 Å². The molecule has 0 bridgehead atoms. The van der Waals surface area contributed by atoms with E-state index in [-0.39, 0.29) is 5.00 Å². The molecule has 80 valence electrons. The van der Waals surface area contributed by atoms with Gasteiger partial charge in [-0.1, -0.05) is 20.8 Å². The van der Waals surface area contributed by atoms with Crippen LogP contribution in [0.4, 0.5) is 0 Å². The molecule has 2 nitrogen and oxygen atoms in total. The SMILES string of the molecule is CCCO[SiH](OCCC)C(Cl)CC. The number of hydrogen-bond donors (Lipinski definition) is 0. The molecule has 0 aromatic carbocycles. The zero-order chi connectivity index (χ0) is 10.1. The third-order valence-electron chi connectivity index (χ3n) is 1.66. The summed E-state index contributed by atoms with van der Waals surface area (Å²) in [6, 6.07) is 0.